The van der Waals surface area contributed by atoms with Crippen LogP contribution in [0.1, 0.15) is 19.3 Å². The van der Waals surface area contributed by atoms with Gasteiger partial charge in [0.2, 0.25) is 5.91 Å². The first-order valence-electron chi connectivity index (χ1n) is 9.08. The lowest BCUT2D eigenvalue weighted by molar-refractivity contribution is -0.253. The fourth-order valence-electron chi connectivity index (χ4n) is 3.75. The van der Waals surface area contributed by atoms with Gasteiger partial charge in [-0.3, -0.25) is 4.79 Å². The third-order valence-corrected chi connectivity index (χ3v) is 5.25. The Labute approximate surface area is 154 Å². The summed E-state index contributed by atoms with van der Waals surface area (Å²) in [6.07, 6.45) is -2.00. The van der Waals surface area contributed by atoms with Gasteiger partial charge in [0.1, 0.15) is 12.2 Å². The van der Waals surface area contributed by atoms with E-state index in [1.165, 1.54) is 11.9 Å². The van der Waals surface area contributed by atoms with Crippen molar-refractivity contribution in [3.8, 4) is 0 Å². The van der Waals surface area contributed by atoms with Crippen LogP contribution in [0.15, 0.2) is 0 Å². The van der Waals surface area contributed by atoms with Gasteiger partial charge in [0, 0.05) is 19.6 Å². The summed E-state index contributed by atoms with van der Waals surface area (Å²) in [5.41, 5.74) is 17.6. The Bertz CT molecular complexity index is 470. The molecule has 10 nitrogen and oxygen atoms in total. The third kappa shape index (κ3) is 4.70. The second-order valence-electron chi connectivity index (χ2n) is 7.18. The van der Waals surface area contributed by atoms with E-state index in [0.717, 1.165) is 12.8 Å². The molecule has 10 heteroatoms. The van der Waals surface area contributed by atoms with Crippen LogP contribution in [0, 0.1) is 0 Å². The predicted molar refractivity (Wildman–Crippen MR) is 94.9 cm³/mol. The molecule has 0 aromatic heterocycles. The number of rotatable bonds is 6. The van der Waals surface area contributed by atoms with Crippen molar-refractivity contribution in [1.82, 2.24) is 10.2 Å². The summed E-state index contributed by atoms with van der Waals surface area (Å²) in [5, 5.41) is 24.1. The Kier molecular flexibility index (Phi) is 7.74. The number of hydrogen-bond donors (Lipinski definition) is 6. The number of nitrogens with zero attached hydrogens (tertiary/aromatic N) is 1. The third-order valence-electron chi connectivity index (χ3n) is 5.25. The molecule has 2 aliphatic rings. The molecule has 0 bridgehead atoms. The Hall–Kier alpha value is -0.850. The highest BCUT2D eigenvalue weighted by Crippen LogP contribution is 2.29. The zero-order valence-corrected chi connectivity index (χ0v) is 15.5. The van der Waals surface area contributed by atoms with Crippen LogP contribution >= 0.6 is 0 Å². The minimum Gasteiger partial charge on any atom is -0.391 e. The van der Waals surface area contributed by atoms with Crippen molar-refractivity contribution in [3.63, 3.8) is 0 Å². The molecule has 1 heterocycles. The van der Waals surface area contributed by atoms with Gasteiger partial charge in [-0.05, 0) is 26.3 Å². The molecule has 26 heavy (non-hydrogen) atoms. The van der Waals surface area contributed by atoms with Gasteiger partial charge < -0.3 is 47.1 Å². The first kappa shape index (κ1) is 21.5. The number of carbonyl (C=O) groups excluding carboxylic acids is 1. The Morgan fingerprint density at radius 3 is 2.62 bits per heavy atom. The SMILES string of the molecule is CNC[C@@H]1CC[C@@H](N)[C@@H](O[C@H]2[C@H](O)[C@H](N(C)C(=O)CN)[C@@H](O)C[C@H]2N)O1. The maximum absolute atomic E-state index is 11.9. The largest absolute Gasteiger partial charge is 0.391 e. The second-order valence-corrected chi connectivity index (χ2v) is 7.18. The lowest BCUT2D eigenvalue weighted by Gasteiger charge is -2.47. The van der Waals surface area contributed by atoms with Crippen molar-refractivity contribution >= 4 is 5.91 Å². The van der Waals surface area contributed by atoms with E-state index in [1.807, 2.05) is 7.05 Å². The second kappa shape index (κ2) is 9.38. The number of nitrogens with two attached hydrogens (primary N) is 3. The molecular formula is C16H33N5O5. The molecule has 1 aliphatic carbocycles. The molecule has 0 aromatic rings. The fourth-order valence-corrected chi connectivity index (χ4v) is 3.75. The number of aliphatic hydroxyl groups is 2. The van der Waals surface area contributed by atoms with Gasteiger partial charge in [-0.25, -0.2) is 0 Å². The van der Waals surface area contributed by atoms with E-state index in [4.69, 9.17) is 26.7 Å². The van der Waals surface area contributed by atoms with Crippen molar-refractivity contribution in [3.05, 3.63) is 0 Å². The lowest BCUT2D eigenvalue weighted by Crippen LogP contribution is -2.66. The smallest absolute Gasteiger partial charge is 0.236 e. The topological polar surface area (TPSA) is 169 Å². The first-order chi connectivity index (χ1) is 12.3. The molecule has 1 amide bonds. The molecule has 0 spiro atoms. The average molecular weight is 375 g/mol. The number of likely N-dealkylation sites (N-methyl/N-ethyl adjacent to an activating group) is 2. The van der Waals surface area contributed by atoms with Crippen LogP contribution in [-0.2, 0) is 14.3 Å². The van der Waals surface area contributed by atoms with Crippen molar-refractivity contribution in [2.75, 3.05) is 27.2 Å². The molecule has 8 atom stereocenters. The highest BCUT2D eigenvalue weighted by Gasteiger charge is 2.47. The molecule has 2 rings (SSSR count). The van der Waals surface area contributed by atoms with Crippen molar-refractivity contribution in [2.24, 2.45) is 17.2 Å². The molecule has 0 unspecified atom stereocenters. The normalized spacial score (nSPS) is 41.0. The van der Waals surface area contributed by atoms with Crippen LogP contribution in [0.4, 0.5) is 0 Å². The summed E-state index contributed by atoms with van der Waals surface area (Å²) in [6.45, 7) is 0.452. The van der Waals surface area contributed by atoms with Crippen LogP contribution in [0.5, 0.6) is 0 Å². The van der Waals surface area contributed by atoms with E-state index < -0.39 is 36.7 Å². The monoisotopic (exact) mass is 375 g/mol. The maximum Gasteiger partial charge on any atom is 0.236 e. The van der Waals surface area contributed by atoms with Gasteiger partial charge in [-0.2, -0.15) is 0 Å². The van der Waals surface area contributed by atoms with Crippen LogP contribution in [0.3, 0.4) is 0 Å². The number of nitrogens with one attached hydrogen (secondary N) is 1. The van der Waals surface area contributed by atoms with E-state index in [0.29, 0.717) is 6.54 Å². The average Bonchev–Trinajstić information content (AvgIpc) is 2.60. The number of hydrogen-bond acceptors (Lipinski definition) is 9. The molecule has 152 valence electrons. The van der Waals surface area contributed by atoms with Crippen molar-refractivity contribution in [1.29, 1.82) is 0 Å². The highest BCUT2D eigenvalue weighted by molar-refractivity contribution is 5.78. The summed E-state index contributed by atoms with van der Waals surface area (Å²) >= 11 is 0. The minimum atomic E-state index is -1.19. The number of ether oxygens (including phenoxy) is 2. The van der Waals surface area contributed by atoms with Gasteiger partial charge >= 0.3 is 0 Å². The van der Waals surface area contributed by atoms with Crippen LogP contribution in [0.25, 0.3) is 0 Å². The molecule has 0 aromatic carbocycles. The van der Waals surface area contributed by atoms with Crippen LogP contribution in [-0.4, -0.2) is 97.0 Å². The minimum absolute atomic E-state index is 0.0374. The summed E-state index contributed by atoms with van der Waals surface area (Å²) in [4.78, 5) is 13.2. The van der Waals surface area contributed by atoms with E-state index in [1.54, 1.807) is 0 Å². The standard InChI is InChI=1S/C16H33N5O5/c1-20-7-8-3-4-9(18)16(25-8)26-15-10(19)5-11(22)13(14(15)24)21(2)12(23)6-17/h8-11,13-16,20,22,24H,3-7,17-19H2,1-2H3/t8-,9+,10+,11-,13+,14+,15+,16+/m0/s1. The molecular weight excluding hydrogens is 342 g/mol. The van der Waals surface area contributed by atoms with E-state index >= 15 is 0 Å². The molecule has 1 saturated heterocycles. The Morgan fingerprint density at radius 2 is 2.00 bits per heavy atom. The van der Waals surface area contributed by atoms with Crippen molar-refractivity contribution in [2.45, 2.75) is 68.1 Å². The van der Waals surface area contributed by atoms with Gasteiger partial charge in [0.25, 0.3) is 0 Å². The maximum atomic E-state index is 11.9. The summed E-state index contributed by atoms with van der Waals surface area (Å²) in [7, 11) is 3.33. The van der Waals surface area contributed by atoms with Crippen LogP contribution in [0.2, 0.25) is 0 Å². The molecule has 9 N–H and O–H groups in total. The fraction of sp³-hybridized carbons (Fsp3) is 0.938. The number of aliphatic hydroxyl groups excluding tert-OH is 2. The van der Waals surface area contributed by atoms with Crippen LogP contribution < -0.4 is 22.5 Å². The van der Waals surface area contributed by atoms with Gasteiger partial charge in [0.15, 0.2) is 6.29 Å². The van der Waals surface area contributed by atoms with E-state index in [2.05, 4.69) is 5.32 Å². The van der Waals surface area contributed by atoms with Gasteiger partial charge in [-0.1, -0.05) is 0 Å². The summed E-state index contributed by atoms with van der Waals surface area (Å²) < 4.78 is 11.8. The van der Waals surface area contributed by atoms with E-state index in [9.17, 15) is 15.0 Å². The first-order valence-corrected chi connectivity index (χ1v) is 9.08. The quantitative estimate of drug-likeness (QED) is 0.278. The summed E-state index contributed by atoms with van der Waals surface area (Å²) in [6, 6.07) is -1.81. The Balaban J connectivity index is 2.09. The van der Waals surface area contributed by atoms with E-state index in [-0.39, 0.29) is 31.0 Å². The molecule has 2 fully saturated rings. The number of carbonyl (C=O) groups is 1. The van der Waals surface area contributed by atoms with Gasteiger partial charge in [-0.15, -0.1) is 0 Å². The highest BCUT2D eigenvalue weighted by atomic mass is 16.7. The summed E-state index contributed by atoms with van der Waals surface area (Å²) in [5.74, 6) is -0.387. The molecule has 1 aliphatic heterocycles. The zero-order valence-electron chi connectivity index (χ0n) is 15.5. The van der Waals surface area contributed by atoms with Crippen molar-refractivity contribution < 1.29 is 24.5 Å². The molecule has 0 radical (unpaired) electrons. The number of amides is 1. The van der Waals surface area contributed by atoms with Gasteiger partial charge in [0.05, 0.1) is 30.8 Å². The zero-order chi connectivity index (χ0) is 19.4. The molecule has 1 saturated carbocycles. The Morgan fingerprint density at radius 1 is 1.31 bits per heavy atom. The predicted octanol–water partition coefficient (Wildman–Crippen LogP) is -3.34. The lowest BCUT2D eigenvalue weighted by atomic mass is 9.83.